The maximum Gasteiger partial charge on any atom is 1.00 e. The summed E-state index contributed by atoms with van der Waals surface area (Å²) in [6.45, 7) is 13.7. The Labute approximate surface area is 165 Å². The fourth-order valence-electron chi connectivity index (χ4n) is 1.82. The molecule has 0 aliphatic carbocycles. The molecule has 2 rings (SSSR count). The molecule has 22 heavy (non-hydrogen) atoms. The molecule has 11 heteroatoms. The van der Waals surface area contributed by atoms with E-state index in [1.54, 1.807) is 11.9 Å². The van der Waals surface area contributed by atoms with E-state index in [9.17, 15) is 14.7 Å². The molecule has 0 bridgehead atoms. The number of carboxylic acid groups (broad SMARTS) is 1. The van der Waals surface area contributed by atoms with Gasteiger partial charge in [0.2, 0.25) is 0 Å². The number of nitrogens with zero attached hydrogens (tertiary/aromatic N) is 4. The number of thiocarbonyl (C=S) groups is 1. The van der Waals surface area contributed by atoms with Crippen molar-refractivity contribution in [3.05, 3.63) is 32.3 Å². The molecule has 2 atom stereocenters. The van der Waals surface area contributed by atoms with Gasteiger partial charge in [-0.2, -0.15) is 0 Å². The van der Waals surface area contributed by atoms with E-state index >= 15 is 0 Å². The number of aliphatic carboxylic acids is 1. The van der Waals surface area contributed by atoms with Gasteiger partial charge >= 0.3 is 166 Å². The predicted octanol–water partition coefficient (Wildman–Crippen LogP) is -4.09. The summed E-state index contributed by atoms with van der Waals surface area (Å²) >= 11 is 5.74. The minimum atomic E-state index is -1.38. The van der Waals surface area contributed by atoms with Crippen LogP contribution in [0, 0.1) is 13.1 Å². The monoisotopic (exact) mass is 410 g/mol. The van der Waals surface area contributed by atoms with Gasteiger partial charge in [-0.05, 0) is 0 Å². The third-order valence-electron chi connectivity index (χ3n) is 2.79. The molecule has 7 nitrogen and oxygen atoms in total. The summed E-state index contributed by atoms with van der Waals surface area (Å²) in [6, 6.07) is 0. The summed E-state index contributed by atoms with van der Waals surface area (Å²) < 4.78 is 0.680. The van der Waals surface area contributed by atoms with Gasteiger partial charge in [0.25, 0.3) is 0 Å². The van der Waals surface area contributed by atoms with Crippen LogP contribution in [-0.4, -0.2) is 65.7 Å². The zero-order chi connectivity index (χ0) is 15.7. The Balaban J connectivity index is 0.00000242. The molecule has 2 unspecified atom stereocenters. The normalized spacial score (nSPS) is 27.4. The van der Waals surface area contributed by atoms with E-state index in [2.05, 4.69) is 9.69 Å². The molecule has 1 amide bonds. The quantitative estimate of drug-likeness (QED) is 0.200. The van der Waals surface area contributed by atoms with Gasteiger partial charge < -0.3 is 0 Å². The van der Waals surface area contributed by atoms with Crippen LogP contribution in [0.1, 0.15) is 0 Å². The Morgan fingerprint density at radius 1 is 1.50 bits per heavy atom. The largest absolute Gasteiger partial charge is 1.00 e. The SMILES string of the molecule is [C-]#[N+]C1S/C(=C2\[Se]C(=S)N(CC(=O)[O-])C2=O)N(C)C1[N+]#[C-].[Na+]. The van der Waals surface area contributed by atoms with Crippen LogP contribution in [0.4, 0.5) is 0 Å². The summed E-state index contributed by atoms with van der Waals surface area (Å²) in [5, 5.41) is 10.6. The van der Waals surface area contributed by atoms with Crippen LogP contribution >= 0.6 is 24.0 Å². The predicted molar refractivity (Wildman–Crippen MR) is 78.2 cm³/mol. The van der Waals surface area contributed by atoms with Gasteiger partial charge in [-0.25, -0.2) is 0 Å². The number of likely N-dealkylation sites (N-methyl/N-ethyl adjacent to an activating group) is 1. The van der Waals surface area contributed by atoms with Gasteiger partial charge in [0.05, 0.1) is 0 Å². The fourth-order valence-corrected chi connectivity index (χ4v) is 5.84. The summed E-state index contributed by atoms with van der Waals surface area (Å²) in [7, 11) is 1.65. The first-order valence-corrected chi connectivity index (χ1v) is 8.51. The minimum absolute atomic E-state index is 0. The van der Waals surface area contributed by atoms with Crippen molar-refractivity contribution in [2.75, 3.05) is 13.6 Å². The summed E-state index contributed by atoms with van der Waals surface area (Å²) in [5.41, 5.74) is 0. The van der Waals surface area contributed by atoms with Crippen molar-refractivity contribution in [2.24, 2.45) is 0 Å². The number of carbonyl (C=O) groups is 2. The minimum Gasteiger partial charge on any atom is 1.00 e. The van der Waals surface area contributed by atoms with Crippen LogP contribution in [0.25, 0.3) is 9.69 Å². The molecule has 2 heterocycles. The van der Waals surface area contributed by atoms with Crippen molar-refractivity contribution in [2.45, 2.75) is 11.5 Å². The Morgan fingerprint density at radius 3 is 2.59 bits per heavy atom. The van der Waals surface area contributed by atoms with Crippen molar-refractivity contribution in [3.8, 4) is 0 Å². The maximum atomic E-state index is 12.3. The van der Waals surface area contributed by atoms with E-state index in [4.69, 9.17) is 25.4 Å². The Kier molecular flexibility index (Phi) is 6.90. The van der Waals surface area contributed by atoms with Gasteiger partial charge in [-0.15, -0.1) is 0 Å². The van der Waals surface area contributed by atoms with Crippen LogP contribution < -0.4 is 34.7 Å². The molecule has 0 spiro atoms. The zero-order valence-corrected chi connectivity index (χ0v) is 16.9. The average Bonchev–Trinajstić information content (AvgIpc) is 2.89. The third kappa shape index (κ3) is 3.49. The smallest absolute Gasteiger partial charge is 1.00 e. The first kappa shape index (κ1) is 19.5. The van der Waals surface area contributed by atoms with Gasteiger partial charge in [0.1, 0.15) is 0 Å². The first-order chi connectivity index (χ1) is 9.90. The average molecular weight is 409 g/mol. The van der Waals surface area contributed by atoms with Crippen molar-refractivity contribution in [1.29, 1.82) is 0 Å². The number of rotatable bonds is 2. The Morgan fingerprint density at radius 2 is 2.14 bits per heavy atom. The van der Waals surface area contributed by atoms with E-state index in [0.29, 0.717) is 9.50 Å². The second-order valence-corrected chi connectivity index (χ2v) is 8.23. The summed E-state index contributed by atoms with van der Waals surface area (Å²) in [6.07, 6.45) is -0.651. The van der Waals surface area contributed by atoms with E-state index in [-0.39, 0.29) is 33.4 Å². The van der Waals surface area contributed by atoms with Crippen molar-refractivity contribution >= 4 is 54.7 Å². The number of carbonyl (C=O) groups excluding carboxylic acids is 2. The molecule has 2 aliphatic heterocycles. The van der Waals surface area contributed by atoms with Gasteiger partial charge in [0, 0.05) is 0 Å². The molecule has 108 valence electrons. The maximum absolute atomic E-state index is 12.3. The van der Waals surface area contributed by atoms with Crippen molar-refractivity contribution < 1.29 is 44.3 Å². The first-order valence-electron chi connectivity index (χ1n) is 5.51. The molecular weight excluding hydrogens is 402 g/mol. The number of hydrogen-bond donors (Lipinski definition) is 0. The van der Waals surface area contributed by atoms with Crippen LogP contribution in [-0.2, 0) is 9.59 Å². The van der Waals surface area contributed by atoms with E-state index in [1.165, 1.54) is 0 Å². The number of thioether (sulfide) groups is 1. The number of amides is 1. The van der Waals surface area contributed by atoms with Crippen LogP contribution in [0.15, 0.2) is 9.50 Å². The molecule has 0 aromatic heterocycles. The van der Waals surface area contributed by atoms with E-state index in [1.807, 2.05) is 0 Å². The van der Waals surface area contributed by atoms with Crippen molar-refractivity contribution in [3.63, 3.8) is 0 Å². The second kappa shape index (κ2) is 7.80. The van der Waals surface area contributed by atoms with Gasteiger partial charge in [-0.3, -0.25) is 0 Å². The molecule has 0 aromatic rings. The fraction of sp³-hybridized carbons (Fsp3) is 0.364. The molecule has 2 fully saturated rings. The number of hydrogen-bond acceptors (Lipinski definition) is 6. The number of carboxylic acids is 1. The molecule has 0 radical (unpaired) electrons. The second-order valence-electron chi connectivity index (χ2n) is 4.06. The zero-order valence-electron chi connectivity index (χ0n) is 11.6. The molecule has 0 saturated carbocycles. The topological polar surface area (TPSA) is 72.4 Å². The van der Waals surface area contributed by atoms with E-state index in [0.717, 1.165) is 16.7 Å². The Hall–Kier alpha value is -0.581. The molecule has 2 saturated heterocycles. The van der Waals surface area contributed by atoms with Crippen molar-refractivity contribution in [1.82, 2.24) is 9.80 Å². The van der Waals surface area contributed by atoms with E-state index < -0.39 is 44.9 Å². The van der Waals surface area contributed by atoms with Crippen LogP contribution in [0.5, 0.6) is 0 Å². The van der Waals surface area contributed by atoms with Crippen LogP contribution in [0.3, 0.4) is 0 Å². The van der Waals surface area contributed by atoms with Gasteiger partial charge in [0.15, 0.2) is 0 Å². The summed E-state index contributed by atoms with van der Waals surface area (Å²) in [5.74, 6) is -1.84. The molecular formula is C11H7N4NaO3S2Se. The molecule has 0 aromatic carbocycles. The van der Waals surface area contributed by atoms with Crippen LogP contribution in [0.2, 0.25) is 0 Å². The standard InChI is InChI=1S/C11H8N4O3S2Se.Na/c1-12-7-8(13-2)20-10(14(7)3)6-9(18)15(4-5(16)17)11(19)21-6;/h7-8H,4H2,3H3,(H,16,17);/q;+1/p-1/b10-6-;. The molecule has 2 aliphatic rings. The Bertz CT molecular complexity index is 657. The molecule has 0 N–H and O–H groups in total. The van der Waals surface area contributed by atoms with Gasteiger partial charge in [-0.1, -0.05) is 0 Å². The third-order valence-corrected chi connectivity index (χ3v) is 7.07. The summed E-state index contributed by atoms with van der Waals surface area (Å²) in [4.78, 5) is 32.4.